The van der Waals surface area contributed by atoms with Gasteiger partial charge < -0.3 is 9.88 Å². The molecule has 1 aromatic carbocycles. The quantitative estimate of drug-likeness (QED) is 0.865. The molecule has 1 heterocycles. The van der Waals surface area contributed by atoms with E-state index in [1.165, 1.54) is 12.1 Å². The van der Waals surface area contributed by atoms with Crippen molar-refractivity contribution < 1.29 is 22.4 Å². The van der Waals surface area contributed by atoms with E-state index >= 15 is 0 Å². The molecule has 0 saturated heterocycles. The Balaban J connectivity index is 2.39. The van der Waals surface area contributed by atoms with Crippen LogP contribution in [-0.4, -0.2) is 35.6 Å². The van der Waals surface area contributed by atoms with Crippen LogP contribution in [0.25, 0.3) is 10.9 Å². The minimum Gasteiger partial charge on any atom is -0.348 e. The number of nitrogens with one attached hydrogen (secondary N) is 1. The van der Waals surface area contributed by atoms with Gasteiger partial charge in [-0.3, -0.25) is 4.79 Å². The van der Waals surface area contributed by atoms with Crippen LogP contribution in [0.1, 0.15) is 23.0 Å². The molecule has 21 heavy (non-hydrogen) atoms. The molecule has 2 rings (SSSR count). The molecule has 0 aliphatic heterocycles. The van der Waals surface area contributed by atoms with Crippen LogP contribution >= 0.6 is 0 Å². The lowest BCUT2D eigenvalue weighted by Gasteiger charge is -2.17. The lowest BCUT2D eigenvalue weighted by molar-refractivity contribution is -0.138. The second kappa shape index (κ2) is 5.38. The number of hydrogen-bond acceptors (Lipinski definition) is 1. The first-order valence-electron chi connectivity index (χ1n) is 6.35. The molecule has 0 radical (unpaired) electrons. The monoisotopic (exact) mass is 302 g/mol. The van der Waals surface area contributed by atoms with Crippen molar-refractivity contribution in [2.45, 2.75) is 19.5 Å². The molecule has 2 aromatic rings. The van der Waals surface area contributed by atoms with Gasteiger partial charge in [-0.15, -0.1) is 0 Å². The Hall–Kier alpha value is -2.05. The van der Waals surface area contributed by atoms with Gasteiger partial charge in [-0.05, 0) is 24.1 Å². The van der Waals surface area contributed by atoms with Crippen molar-refractivity contribution in [1.82, 2.24) is 9.88 Å². The number of hydrogen-bond donors (Lipinski definition) is 1. The normalized spacial score (nSPS) is 11.9. The fourth-order valence-electron chi connectivity index (χ4n) is 2.21. The summed E-state index contributed by atoms with van der Waals surface area (Å²) >= 11 is 0. The predicted octanol–water partition coefficient (Wildman–Crippen LogP) is 3.50. The minimum atomic E-state index is -4.48. The number of aryl methyl sites for hydroxylation is 1. The Bertz CT molecular complexity index is 675. The van der Waals surface area contributed by atoms with Gasteiger partial charge in [0.15, 0.2) is 0 Å². The zero-order valence-corrected chi connectivity index (χ0v) is 11.5. The highest BCUT2D eigenvalue weighted by Gasteiger charge is 2.32. The van der Waals surface area contributed by atoms with Gasteiger partial charge in [-0.2, -0.15) is 13.2 Å². The van der Waals surface area contributed by atoms with Crippen molar-refractivity contribution in [2.75, 3.05) is 13.6 Å². The van der Waals surface area contributed by atoms with Crippen LogP contribution in [0, 0.1) is 5.82 Å². The minimum absolute atomic E-state index is 0.0587. The number of H-pyrrole nitrogens is 1. The van der Waals surface area contributed by atoms with Crippen LogP contribution in [0.3, 0.4) is 0 Å². The number of carbonyl (C=O) groups is 1. The third-order valence-electron chi connectivity index (χ3n) is 3.21. The predicted molar refractivity (Wildman–Crippen MR) is 70.7 cm³/mol. The number of carbonyl (C=O) groups excluding carboxylic acids is 1. The zero-order chi connectivity index (χ0) is 15.8. The van der Waals surface area contributed by atoms with Gasteiger partial charge in [0.2, 0.25) is 0 Å². The molecule has 1 amide bonds. The molecule has 0 saturated carbocycles. The fourth-order valence-corrected chi connectivity index (χ4v) is 2.21. The summed E-state index contributed by atoms with van der Waals surface area (Å²) in [5.41, 5.74) is 0.898. The molecular weight excluding hydrogens is 288 g/mol. The van der Waals surface area contributed by atoms with Crippen LogP contribution in [0.4, 0.5) is 17.6 Å². The van der Waals surface area contributed by atoms with E-state index < -0.39 is 24.4 Å². The summed E-state index contributed by atoms with van der Waals surface area (Å²) in [6, 6.07) is 4.26. The smallest absolute Gasteiger partial charge is 0.348 e. The van der Waals surface area contributed by atoms with Gasteiger partial charge in [0.1, 0.15) is 18.1 Å². The summed E-state index contributed by atoms with van der Waals surface area (Å²) in [6.45, 7) is 0.515. The molecule has 3 nitrogen and oxygen atoms in total. The summed E-state index contributed by atoms with van der Waals surface area (Å²) in [6.07, 6.45) is -3.85. The summed E-state index contributed by atoms with van der Waals surface area (Å²) in [7, 11) is 1.05. The number of amides is 1. The lowest BCUT2D eigenvalue weighted by atomic mass is 10.1. The summed E-state index contributed by atoms with van der Waals surface area (Å²) in [5.74, 6) is -1.37. The van der Waals surface area contributed by atoms with Crippen molar-refractivity contribution in [3.05, 3.63) is 35.3 Å². The number of alkyl halides is 3. The number of halogens is 4. The summed E-state index contributed by atoms with van der Waals surface area (Å²) in [4.78, 5) is 15.1. The number of nitrogens with zero attached hydrogens (tertiary/aromatic N) is 1. The molecule has 114 valence electrons. The van der Waals surface area contributed by atoms with Crippen molar-refractivity contribution in [3.63, 3.8) is 0 Å². The highest BCUT2D eigenvalue weighted by atomic mass is 19.4. The molecular formula is C14H14F4N2O. The fraction of sp³-hybridized carbons (Fsp3) is 0.357. The first kappa shape index (κ1) is 15.3. The molecule has 0 aliphatic rings. The first-order chi connectivity index (χ1) is 9.73. The second-order valence-corrected chi connectivity index (χ2v) is 4.81. The standard InChI is InChI=1S/C14H14F4N2O/c1-3-8-4-5-10(15)12-9(8)6-11(19-12)13(21)20(2)7-14(16,17)18/h4-6,19H,3,7H2,1-2H3. The SMILES string of the molecule is CCc1ccc(F)c2[nH]c(C(=O)N(C)CC(F)(F)F)cc12. The maximum atomic E-state index is 13.7. The Morgan fingerprint density at radius 2 is 2.00 bits per heavy atom. The Morgan fingerprint density at radius 1 is 1.33 bits per heavy atom. The van der Waals surface area contributed by atoms with Gasteiger partial charge in [-0.25, -0.2) is 4.39 Å². The van der Waals surface area contributed by atoms with E-state index in [0.717, 1.165) is 12.6 Å². The van der Waals surface area contributed by atoms with Gasteiger partial charge in [-0.1, -0.05) is 13.0 Å². The zero-order valence-electron chi connectivity index (χ0n) is 11.5. The maximum absolute atomic E-state index is 13.7. The number of aromatic nitrogens is 1. The molecule has 1 aromatic heterocycles. The molecule has 0 atom stereocenters. The van der Waals surface area contributed by atoms with E-state index in [-0.39, 0.29) is 11.2 Å². The number of rotatable bonds is 3. The third-order valence-corrected chi connectivity index (χ3v) is 3.21. The molecule has 0 aliphatic carbocycles. The number of benzene rings is 1. The summed E-state index contributed by atoms with van der Waals surface area (Å²) in [5, 5.41) is 0.515. The van der Waals surface area contributed by atoms with Gasteiger partial charge in [0, 0.05) is 12.4 Å². The van der Waals surface area contributed by atoms with E-state index in [9.17, 15) is 22.4 Å². The Kier molecular flexibility index (Phi) is 3.93. The van der Waals surface area contributed by atoms with E-state index in [4.69, 9.17) is 0 Å². The van der Waals surface area contributed by atoms with Crippen molar-refractivity contribution in [3.8, 4) is 0 Å². The van der Waals surface area contributed by atoms with Gasteiger partial charge in [0.05, 0.1) is 5.52 Å². The Morgan fingerprint density at radius 3 is 2.57 bits per heavy atom. The maximum Gasteiger partial charge on any atom is 0.406 e. The van der Waals surface area contributed by atoms with Gasteiger partial charge in [0.25, 0.3) is 5.91 Å². The average molecular weight is 302 g/mol. The van der Waals surface area contributed by atoms with E-state index in [0.29, 0.717) is 16.7 Å². The molecule has 7 heteroatoms. The molecule has 0 unspecified atom stereocenters. The van der Waals surface area contributed by atoms with Crippen LogP contribution < -0.4 is 0 Å². The highest BCUT2D eigenvalue weighted by Crippen LogP contribution is 2.24. The number of aromatic amines is 1. The molecule has 0 bridgehead atoms. The Labute approximate surface area is 118 Å². The topological polar surface area (TPSA) is 36.1 Å². The lowest BCUT2D eigenvalue weighted by Crippen LogP contribution is -2.35. The van der Waals surface area contributed by atoms with Crippen LogP contribution in [-0.2, 0) is 6.42 Å². The van der Waals surface area contributed by atoms with Crippen LogP contribution in [0.5, 0.6) is 0 Å². The third kappa shape index (κ3) is 3.17. The van der Waals surface area contributed by atoms with Crippen molar-refractivity contribution in [1.29, 1.82) is 0 Å². The first-order valence-corrected chi connectivity index (χ1v) is 6.35. The highest BCUT2D eigenvalue weighted by molar-refractivity contribution is 5.99. The molecule has 1 N–H and O–H groups in total. The average Bonchev–Trinajstić information content (AvgIpc) is 2.82. The largest absolute Gasteiger partial charge is 0.406 e. The van der Waals surface area contributed by atoms with E-state index in [1.807, 2.05) is 6.92 Å². The van der Waals surface area contributed by atoms with Gasteiger partial charge >= 0.3 is 6.18 Å². The van der Waals surface area contributed by atoms with Crippen LogP contribution in [0.15, 0.2) is 18.2 Å². The van der Waals surface area contributed by atoms with Crippen LogP contribution in [0.2, 0.25) is 0 Å². The van der Waals surface area contributed by atoms with E-state index in [1.54, 1.807) is 6.07 Å². The van der Waals surface area contributed by atoms with E-state index in [2.05, 4.69) is 4.98 Å². The molecule has 0 spiro atoms. The van der Waals surface area contributed by atoms with Crippen molar-refractivity contribution in [2.24, 2.45) is 0 Å². The number of fused-ring (bicyclic) bond motifs is 1. The molecule has 0 fully saturated rings. The van der Waals surface area contributed by atoms with Crippen molar-refractivity contribution >= 4 is 16.8 Å². The second-order valence-electron chi connectivity index (χ2n) is 4.81. The summed E-state index contributed by atoms with van der Waals surface area (Å²) < 4.78 is 50.6.